The molecule has 0 radical (unpaired) electrons. The monoisotopic (exact) mass is 344 g/mol. The molecule has 0 aliphatic heterocycles. The SMILES string of the molecule is O=C(NCCc1ccccn1)[C@@H]1C[C@H]1c1ccccc1Br. The second-order valence-corrected chi connectivity index (χ2v) is 6.19. The van der Waals surface area contributed by atoms with Gasteiger partial charge in [-0.15, -0.1) is 0 Å². The summed E-state index contributed by atoms with van der Waals surface area (Å²) >= 11 is 3.56. The highest BCUT2D eigenvalue weighted by Crippen LogP contribution is 2.49. The van der Waals surface area contributed by atoms with Gasteiger partial charge in [0.15, 0.2) is 0 Å². The summed E-state index contributed by atoms with van der Waals surface area (Å²) in [5.74, 6) is 0.634. The van der Waals surface area contributed by atoms with Crippen molar-refractivity contribution in [1.29, 1.82) is 0 Å². The first-order valence-corrected chi connectivity index (χ1v) is 7.97. The first kappa shape index (κ1) is 14.3. The van der Waals surface area contributed by atoms with E-state index in [1.807, 2.05) is 36.4 Å². The summed E-state index contributed by atoms with van der Waals surface area (Å²) in [6.07, 6.45) is 3.50. The Morgan fingerprint density at radius 2 is 2.05 bits per heavy atom. The molecule has 1 N–H and O–H groups in total. The highest BCUT2D eigenvalue weighted by Gasteiger charge is 2.44. The van der Waals surface area contributed by atoms with Crippen molar-refractivity contribution in [3.05, 3.63) is 64.4 Å². The number of rotatable bonds is 5. The Balaban J connectivity index is 1.49. The standard InChI is InChI=1S/C17H17BrN2O/c18-16-7-2-1-6-13(16)14-11-15(14)17(21)20-10-8-12-5-3-4-9-19-12/h1-7,9,14-15H,8,10-11H2,(H,20,21)/t14-,15+/m0/s1. The third-order valence-electron chi connectivity index (χ3n) is 3.84. The quantitative estimate of drug-likeness (QED) is 0.903. The summed E-state index contributed by atoms with van der Waals surface area (Å²) in [6, 6.07) is 14.0. The Bertz CT molecular complexity index is 630. The summed E-state index contributed by atoms with van der Waals surface area (Å²) in [5.41, 5.74) is 2.25. The highest BCUT2D eigenvalue weighted by molar-refractivity contribution is 9.10. The van der Waals surface area contributed by atoms with Crippen molar-refractivity contribution in [2.24, 2.45) is 5.92 Å². The Labute approximate surface area is 132 Å². The number of amides is 1. The van der Waals surface area contributed by atoms with E-state index in [1.54, 1.807) is 6.20 Å². The van der Waals surface area contributed by atoms with Crippen LogP contribution >= 0.6 is 15.9 Å². The van der Waals surface area contributed by atoms with Gasteiger partial charge in [-0.25, -0.2) is 0 Å². The molecule has 4 heteroatoms. The lowest BCUT2D eigenvalue weighted by Gasteiger charge is -2.06. The lowest BCUT2D eigenvalue weighted by molar-refractivity contribution is -0.122. The summed E-state index contributed by atoms with van der Waals surface area (Å²) in [4.78, 5) is 16.4. The smallest absolute Gasteiger partial charge is 0.223 e. The zero-order valence-corrected chi connectivity index (χ0v) is 13.2. The number of carbonyl (C=O) groups is 1. The van der Waals surface area contributed by atoms with E-state index in [2.05, 4.69) is 32.3 Å². The normalized spacial score (nSPS) is 20.0. The van der Waals surface area contributed by atoms with Crippen molar-refractivity contribution >= 4 is 21.8 Å². The molecule has 21 heavy (non-hydrogen) atoms. The van der Waals surface area contributed by atoms with E-state index in [1.165, 1.54) is 5.56 Å². The molecule has 3 rings (SSSR count). The van der Waals surface area contributed by atoms with Gasteiger partial charge in [-0.05, 0) is 36.1 Å². The van der Waals surface area contributed by atoms with E-state index in [9.17, 15) is 4.79 Å². The maximum atomic E-state index is 12.1. The van der Waals surface area contributed by atoms with Gasteiger partial charge in [0.05, 0.1) is 0 Å². The third-order valence-corrected chi connectivity index (χ3v) is 4.56. The summed E-state index contributed by atoms with van der Waals surface area (Å²) < 4.78 is 1.10. The van der Waals surface area contributed by atoms with E-state index in [4.69, 9.17) is 0 Å². The fraction of sp³-hybridized carbons (Fsp3) is 0.294. The van der Waals surface area contributed by atoms with Crippen LogP contribution in [-0.2, 0) is 11.2 Å². The summed E-state index contributed by atoms with van der Waals surface area (Å²) in [6.45, 7) is 0.648. The highest BCUT2D eigenvalue weighted by atomic mass is 79.9. The molecule has 1 heterocycles. The van der Waals surface area contributed by atoms with Gasteiger partial charge >= 0.3 is 0 Å². The molecule has 1 saturated carbocycles. The van der Waals surface area contributed by atoms with Gasteiger partial charge in [0, 0.05) is 35.2 Å². The van der Waals surface area contributed by atoms with E-state index >= 15 is 0 Å². The van der Waals surface area contributed by atoms with Crippen LogP contribution in [0.2, 0.25) is 0 Å². The first-order chi connectivity index (χ1) is 10.3. The molecule has 108 valence electrons. The molecule has 0 spiro atoms. The van der Waals surface area contributed by atoms with Gasteiger partial charge in [0.2, 0.25) is 5.91 Å². The van der Waals surface area contributed by atoms with E-state index in [-0.39, 0.29) is 11.8 Å². The van der Waals surface area contributed by atoms with Crippen molar-refractivity contribution in [1.82, 2.24) is 10.3 Å². The molecule has 1 fully saturated rings. The van der Waals surface area contributed by atoms with Crippen LogP contribution in [0.3, 0.4) is 0 Å². The molecular formula is C17H17BrN2O. The molecule has 0 bridgehead atoms. The molecule has 3 nitrogen and oxygen atoms in total. The molecule has 2 aromatic rings. The minimum absolute atomic E-state index is 0.118. The lowest BCUT2D eigenvalue weighted by Crippen LogP contribution is -2.27. The minimum atomic E-state index is 0.118. The van der Waals surface area contributed by atoms with Gasteiger partial charge in [-0.1, -0.05) is 40.2 Å². The second kappa shape index (κ2) is 6.39. The number of aromatic nitrogens is 1. The topological polar surface area (TPSA) is 42.0 Å². The maximum absolute atomic E-state index is 12.1. The van der Waals surface area contributed by atoms with Crippen molar-refractivity contribution in [2.75, 3.05) is 6.54 Å². The average molecular weight is 345 g/mol. The summed E-state index contributed by atoms with van der Waals surface area (Å²) in [7, 11) is 0. The number of hydrogen-bond donors (Lipinski definition) is 1. The largest absolute Gasteiger partial charge is 0.355 e. The van der Waals surface area contributed by atoms with Gasteiger partial charge in [-0.2, -0.15) is 0 Å². The molecule has 1 amide bonds. The van der Waals surface area contributed by atoms with Gasteiger partial charge in [0.1, 0.15) is 0 Å². The number of hydrogen-bond acceptors (Lipinski definition) is 2. The van der Waals surface area contributed by atoms with Crippen LogP contribution < -0.4 is 5.32 Å². The number of nitrogens with one attached hydrogen (secondary N) is 1. The van der Waals surface area contributed by atoms with Crippen molar-refractivity contribution in [2.45, 2.75) is 18.8 Å². The van der Waals surface area contributed by atoms with Crippen molar-refractivity contribution in [3.8, 4) is 0 Å². The predicted molar refractivity (Wildman–Crippen MR) is 85.9 cm³/mol. The summed E-state index contributed by atoms with van der Waals surface area (Å²) in [5, 5.41) is 3.02. The lowest BCUT2D eigenvalue weighted by atomic mass is 10.1. The van der Waals surface area contributed by atoms with Crippen LogP contribution in [0.5, 0.6) is 0 Å². The van der Waals surface area contributed by atoms with Crippen LogP contribution in [0.15, 0.2) is 53.1 Å². The maximum Gasteiger partial charge on any atom is 0.223 e. The van der Waals surface area contributed by atoms with E-state index in [0.29, 0.717) is 12.5 Å². The van der Waals surface area contributed by atoms with Crippen LogP contribution in [0.25, 0.3) is 0 Å². The van der Waals surface area contributed by atoms with Crippen molar-refractivity contribution < 1.29 is 4.79 Å². The molecule has 2 atom stereocenters. The zero-order chi connectivity index (χ0) is 14.7. The van der Waals surface area contributed by atoms with Crippen LogP contribution in [-0.4, -0.2) is 17.4 Å². The molecule has 1 aromatic carbocycles. The predicted octanol–water partition coefficient (Wildman–Crippen LogP) is 3.31. The number of nitrogens with zero attached hydrogens (tertiary/aromatic N) is 1. The van der Waals surface area contributed by atoms with Gasteiger partial charge < -0.3 is 5.32 Å². The second-order valence-electron chi connectivity index (χ2n) is 5.33. The Morgan fingerprint density at radius 1 is 1.24 bits per heavy atom. The Kier molecular flexibility index (Phi) is 4.34. The van der Waals surface area contributed by atoms with Crippen LogP contribution in [0.1, 0.15) is 23.6 Å². The Morgan fingerprint density at radius 3 is 2.81 bits per heavy atom. The number of benzene rings is 1. The molecular weight excluding hydrogens is 328 g/mol. The molecule has 1 aliphatic rings. The molecule has 1 aromatic heterocycles. The zero-order valence-electron chi connectivity index (χ0n) is 11.6. The first-order valence-electron chi connectivity index (χ1n) is 7.18. The van der Waals surface area contributed by atoms with Crippen LogP contribution in [0, 0.1) is 5.92 Å². The third kappa shape index (κ3) is 3.50. The molecule has 0 saturated heterocycles. The van der Waals surface area contributed by atoms with E-state index in [0.717, 1.165) is 23.0 Å². The van der Waals surface area contributed by atoms with Crippen LogP contribution in [0.4, 0.5) is 0 Å². The van der Waals surface area contributed by atoms with Gasteiger partial charge in [-0.3, -0.25) is 9.78 Å². The Hall–Kier alpha value is -1.68. The number of carbonyl (C=O) groups excluding carboxylic acids is 1. The van der Waals surface area contributed by atoms with Crippen molar-refractivity contribution in [3.63, 3.8) is 0 Å². The minimum Gasteiger partial charge on any atom is -0.355 e. The fourth-order valence-corrected chi connectivity index (χ4v) is 3.17. The van der Waals surface area contributed by atoms with Gasteiger partial charge in [0.25, 0.3) is 0 Å². The number of halogens is 1. The number of pyridine rings is 1. The van der Waals surface area contributed by atoms with E-state index < -0.39 is 0 Å². The average Bonchev–Trinajstić information content (AvgIpc) is 3.29. The fourth-order valence-electron chi connectivity index (χ4n) is 2.60. The molecule has 1 aliphatic carbocycles. The molecule has 0 unspecified atom stereocenters.